The fourth-order valence-electron chi connectivity index (χ4n) is 3.35. The molecular weight excluding hydrogens is 406 g/mol. The zero-order valence-electron chi connectivity index (χ0n) is 17.6. The standard InChI is InChI=1S/C23H26ClNO5/c1-23(2,3)30-22(27)25-13-16-10-11-18(24)20(17(16)12-19(25)21(26)28-4)29-14-15-8-6-5-7-9-15/h5-11,19H,12-14H2,1-4H3/t19-/m0/s1. The third-order valence-corrected chi connectivity index (χ3v) is 5.05. The summed E-state index contributed by atoms with van der Waals surface area (Å²) in [6.45, 7) is 5.89. The van der Waals surface area contributed by atoms with E-state index in [1.807, 2.05) is 36.4 Å². The molecule has 0 radical (unpaired) electrons. The molecule has 0 spiro atoms. The van der Waals surface area contributed by atoms with Crippen LogP contribution < -0.4 is 4.74 Å². The number of methoxy groups -OCH3 is 1. The maximum absolute atomic E-state index is 12.8. The smallest absolute Gasteiger partial charge is 0.411 e. The average Bonchev–Trinajstić information content (AvgIpc) is 2.71. The van der Waals surface area contributed by atoms with Crippen LogP contribution in [0.15, 0.2) is 42.5 Å². The Bertz CT molecular complexity index is 923. The lowest BCUT2D eigenvalue weighted by Gasteiger charge is -2.36. The topological polar surface area (TPSA) is 65.1 Å². The van der Waals surface area contributed by atoms with Crippen molar-refractivity contribution in [3.8, 4) is 5.75 Å². The van der Waals surface area contributed by atoms with Crippen molar-refractivity contribution in [3.63, 3.8) is 0 Å². The molecule has 160 valence electrons. The molecule has 1 aliphatic heterocycles. The molecule has 0 fully saturated rings. The summed E-state index contributed by atoms with van der Waals surface area (Å²) >= 11 is 6.43. The summed E-state index contributed by atoms with van der Waals surface area (Å²) in [7, 11) is 1.30. The lowest BCUT2D eigenvalue weighted by molar-refractivity contribution is -0.147. The van der Waals surface area contributed by atoms with Crippen molar-refractivity contribution in [3.05, 3.63) is 64.2 Å². The fraction of sp³-hybridized carbons (Fsp3) is 0.391. The van der Waals surface area contributed by atoms with Gasteiger partial charge in [0.1, 0.15) is 24.0 Å². The predicted octanol–water partition coefficient (Wildman–Crippen LogP) is 4.75. The second-order valence-electron chi connectivity index (χ2n) is 8.14. The zero-order chi connectivity index (χ0) is 21.9. The van der Waals surface area contributed by atoms with Gasteiger partial charge in [-0.25, -0.2) is 9.59 Å². The van der Waals surface area contributed by atoms with Crippen LogP contribution in [0, 0.1) is 0 Å². The summed E-state index contributed by atoms with van der Waals surface area (Å²) in [5.74, 6) is 0.0104. The summed E-state index contributed by atoms with van der Waals surface area (Å²) < 4.78 is 16.5. The largest absolute Gasteiger partial charge is 0.487 e. The van der Waals surface area contributed by atoms with Crippen molar-refractivity contribution >= 4 is 23.7 Å². The Hall–Kier alpha value is -2.73. The highest BCUT2D eigenvalue weighted by atomic mass is 35.5. The van der Waals surface area contributed by atoms with Gasteiger partial charge in [0.15, 0.2) is 0 Å². The Morgan fingerprint density at radius 3 is 2.47 bits per heavy atom. The van der Waals surface area contributed by atoms with E-state index in [-0.39, 0.29) is 13.0 Å². The highest BCUT2D eigenvalue weighted by molar-refractivity contribution is 6.32. The molecule has 1 atom stereocenters. The number of hydrogen-bond acceptors (Lipinski definition) is 5. The Morgan fingerprint density at radius 2 is 1.83 bits per heavy atom. The van der Waals surface area contributed by atoms with Gasteiger partial charge in [0.2, 0.25) is 0 Å². The first kappa shape index (κ1) is 22.0. The number of esters is 1. The molecule has 0 saturated heterocycles. The molecule has 0 N–H and O–H groups in total. The number of amides is 1. The number of halogens is 1. The highest BCUT2D eigenvalue weighted by Gasteiger charge is 2.39. The average molecular weight is 432 g/mol. The SMILES string of the molecule is COC(=O)[C@@H]1Cc2c(ccc(Cl)c2OCc2ccccc2)CN1C(=O)OC(C)(C)C. The molecule has 0 bridgehead atoms. The summed E-state index contributed by atoms with van der Waals surface area (Å²) in [6, 6.07) is 12.5. The van der Waals surface area contributed by atoms with Crippen LogP contribution >= 0.6 is 11.6 Å². The van der Waals surface area contributed by atoms with E-state index in [4.69, 9.17) is 25.8 Å². The number of carbonyl (C=O) groups excluding carboxylic acids is 2. The van der Waals surface area contributed by atoms with Crippen molar-refractivity contribution in [1.29, 1.82) is 0 Å². The minimum Gasteiger partial charge on any atom is -0.487 e. The second-order valence-corrected chi connectivity index (χ2v) is 8.55. The minimum atomic E-state index is -0.824. The van der Waals surface area contributed by atoms with Gasteiger partial charge < -0.3 is 14.2 Å². The molecule has 7 heteroatoms. The lowest BCUT2D eigenvalue weighted by atomic mass is 9.93. The maximum atomic E-state index is 12.8. The molecule has 30 heavy (non-hydrogen) atoms. The Morgan fingerprint density at radius 1 is 1.13 bits per heavy atom. The van der Waals surface area contributed by atoms with Crippen LogP contribution in [0.2, 0.25) is 5.02 Å². The Kier molecular flexibility index (Phi) is 6.56. The molecule has 2 aromatic carbocycles. The lowest BCUT2D eigenvalue weighted by Crippen LogP contribution is -2.50. The molecular formula is C23H26ClNO5. The third kappa shape index (κ3) is 5.05. The molecule has 0 saturated carbocycles. The van der Waals surface area contributed by atoms with E-state index < -0.39 is 23.7 Å². The van der Waals surface area contributed by atoms with E-state index in [1.54, 1.807) is 26.8 Å². The van der Waals surface area contributed by atoms with Crippen LogP contribution in [0.1, 0.15) is 37.5 Å². The molecule has 1 aliphatic rings. The molecule has 1 heterocycles. The molecule has 0 aliphatic carbocycles. The highest BCUT2D eigenvalue weighted by Crippen LogP contribution is 2.37. The van der Waals surface area contributed by atoms with Gasteiger partial charge >= 0.3 is 12.1 Å². The Labute approximate surface area is 181 Å². The van der Waals surface area contributed by atoms with Gasteiger partial charge in [-0.05, 0) is 38.0 Å². The number of hydrogen-bond donors (Lipinski definition) is 0. The Balaban J connectivity index is 1.91. The van der Waals surface area contributed by atoms with Gasteiger partial charge in [-0.2, -0.15) is 0 Å². The summed E-state index contributed by atoms with van der Waals surface area (Å²) in [5.41, 5.74) is 1.98. The molecule has 1 amide bonds. The first-order valence-electron chi connectivity index (χ1n) is 9.74. The first-order valence-corrected chi connectivity index (χ1v) is 10.1. The molecule has 3 rings (SSSR count). The number of ether oxygens (including phenoxy) is 3. The van der Waals surface area contributed by atoms with Crippen molar-refractivity contribution < 1.29 is 23.8 Å². The van der Waals surface area contributed by atoms with Gasteiger partial charge in [0, 0.05) is 12.0 Å². The van der Waals surface area contributed by atoms with Crippen LogP contribution in [0.4, 0.5) is 4.79 Å². The number of benzene rings is 2. The van der Waals surface area contributed by atoms with Crippen LogP contribution in [0.5, 0.6) is 5.75 Å². The summed E-state index contributed by atoms with van der Waals surface area (Å²) in [6.07, 6.45) is -0.336. The predicted molar refractivity (Wildman–Crippen MR) is 114 cm³/mol. The van der Waals surface area contributed by atoms with Gasteiger partial charge in [0.25, 0.3) is 0 Å². The normalized spacial score (nSPS) is 15.9. The van der Waals surface area contributed by atoms with Crippen molar-refractivity contribution in [2.24, 2.45) is 0 Å². The third-order valence-electron chi connectivity index (χ3n) is 4.75. The maximum Gasteiger partial charge on any atom is 0.411 e. The second kappa shape index (κ2) is 8.96. The first-order chi connectivity index (χ1) is 14.2. The van der Waals surface area contributed by atoms with Crippen LogP contribution in [0.25, 0.3) is 0 Å². The van der Waals surface area contributed by atoms with E-state index in [1.165, 1.54) is 12.0 Å². The monoisotopic (exact) mass is 431 g/mol. The molecule has 2 aromatic rings. The van der Waals surface area contributed by atoms with E-state index >= 15 is 0 Å². The van der Waals surface area contributed by atoms with Crippen LogP contribution in [-0.2, 0) is 33.8 Å². The quantitative estimate of drug-likeness (QED) is 0.653. The molecule has 0 aromatic heterocycles. The van der Waals surface area contributed by atoms with Gasteiger partial charge in [-0.15, -0.1) is 0 Å². The van der Waals surface area contributed by atoms with Crippen molar-refractivity contribution in [2.75, 3.05) is 7.11 Å². The van der Waals surface area contributed by atoms with Gasteiger partial charge in [-0.3, -0.25) is 4.90 Å². The van der Waals surface area contributed by atoms with Crippen molar-refractivity contribution in [2.45, 2.75) is 52.0 Å². The zero-order valence-corrected chi connectivity index (χ0v) is 18.4. The summed E-state index contributed by atoms with van der Waals surface area (Å²) in [5, 5.41) is 0.457. The molecule has 0 unspecified atom stereocenters. The van der Waals surface area contributed by atoms with Crippen LogP contribution in [0.3, 0.4) is 0 Å². The number of fused-ring (bicyclic) bond motifs is 1. The van der Waals surface area contributed by atoms with E-state index in [0.29, 0.717) is 17.4 Å². The molecule has 6 nitrogen and oxygen atoms in total. The van der Waals surface area contributed by atoms with Gasteiger partial charge in [-0.1, -0.05) is 48.0 Å². The number of rotatable bonds is 4. The van der Waals surface area contributed by atoms with Crippen molar-refractivity contribution in [1.82, 2.24) is 4.90 Å². The van der Waals surface area contributed by atoms with Crippen LogP contribution in [-0.4, -0.2) is 35.7 Å². The number of carbonyl (C=O) groups is 2. The summed E-state index contributed by atoms with van der Waals surface area (Å²) in [4.78, 5) is 26.6. The van der Waals surface area contributed by atoms with E-state index in [2.05, 4.69) is 0 Å². The fourth-order valence-corrected chi connectivity index (χ4v) is 3.59. The minimum absolute atomic E-state index is 0.197. The number of nitrogens with zero attached hydrogens (tertiary/aromatic N) is 1. The van der Waals surface area contributed by atoms with E-state index in [9.17, 15) is 9.59 Å². The van der Waals surface area contributed by atoms with E-state index in [0.717, 1.165) is 16.7 Å². The van der Waals surface area contributed by atoms with Gasteiger partial charge in [0.05, 0.1) is 18.7 Å².